The summed E-state index contributed by atoms with van der Waals surface area (Å²) in [5.74, 6) is 0.449. The van der Waals surface area contributed by atoms with E-state index in [1.165, 1.54) is 13.8 Å². The Bertz CT molecular complexity index is 979. The third-order valence-corrected chi connectivity index (χ3v) is 5.86. The molecular weight excluding hydrogens is 468 g/mol. The van der Waals surface area contributed by atoms with Gasteiger partial charge in [0, 0.05) is 23.9 Å². The lowest BCUT2D eigenvalue weighted by molar-refractivity contribution is -0.286. The van der Waals surface area contributed by atoms with Crippen molar-refractivity contribution in [3.05, 3.63) is 58.1 Å². The molecule has 1 aliphatic rings. The quantitative estimate of drug-likeness (QED) is 0.401. The van der Waals surface area contributed by atoms with Crippen LogP contribution in [0.15, 0.2) is 36.4 Å². The number of carbonyl (C=O) groups is 1. The summed E-state index contributed by atoms with van der Waals surface area (Å²) in [5.41, 5.74) is 1.98. The minimum Gasteiger partial charge on any atom is -0.497 e. The van der Waals surface area contributed by atoms with Crippen molar-refractivity contribution in [3.63, 3.8) is 0 Å². The molecule has 6 atom stereocenters. The largest absolute Gasteiger partial charge is 0.497 e. The summed E-state index contributed by atoms with van der Waals surface area (Å²) in [5, 5.41) is 41.1. The number of benzene rings is 2. The number of rotatable bonds is 8. The molecule has 0 aromatic heterocycles. The molecule has 1 aliphatic heterocycles. The summed E-state index contributed by atoms with van der Waals surface area (Å²) in [6, 6.07) is 10.6. The van der Waals surface area contributed by atoms with Gasteiger partial charge in [-0.1, -0.05) is 23.7 Å². The number of aliphatic hydroxyl groups excluding tert-OH is 4. The highest BCUT2D eigenvalue weighted by Crippen LogP contribution is 2.34. The Hall–Kier alpha value is -2.40. The van der Waals surface area contributed by atoms with Crippen molar-refractivity contribution in [2.45, 2.75) is 63.7 Å². The summed E-state index contributed by atoms with van der Waals surface area (Å²) in [4.78, 5) is 11.2. The maximum Gasteiger partial charge on any atom is 0.302 e. The molecule has 0 saturated carbocycles. The van der Waals surface area contributed by atoms with Crippen molar-refractivity contribution >= 4 is 17.6 Å². The average molecular weight is 497 g/mol. The lowest BCUT2D eigenvalue weighted by atomic mass is 9.96. The summed E-state index contributed by atoms with van der Waals surface area (Å²) in [7, 11) is 1.57. The second-order valence-electron chi connectivity index (χ2n) is 8.16. The van der Waals surface area contributed by atoms with Gasteiger partial charge in [-0.15, -0.1) is 0 Å². The topological polar surface area (TPSA) is 135 Å². The van der Waals surface area contributed by atoms with Gasteiger partial charge in [0.1, 0.15) is 42.5 Å². The molecule has 0 amide bonds. The second-order valence-corrected chi connectivity index (χ2v) is 8.57. The van der Waals surface area contributed by atoms with Crippen molar-refractivity contribution in [2.24, 2.45) is 0 Å². The third-order valence-electron chi connectivity index (χ3n) is 5.52. The molecule has 2 aromatic rings. The first-order valence-corrected chi connectivity index (χ1v) is 11.1. The van der Waals surface area contributed by atoms with Crippen LogP contribution in [0.25, 0.3) is 0 Å². The lowest BCUT2D eigenvalue weighted by Crippen LogP contribution is -2.61. The second kappa shape index (κ2) is 11.4. The summed E-state index contributed by atoms with van der Waals surface area (Å²) in [6.07, 6.45) is -8.10. The fourth-order valence-electron chi connectivity index (χ4n) is 3.65. The summed E-state index contributed by atoms with van der Waals surface area (Å²) >= 11 is 6.57. The van der Waals surface area contributed by atoms with Gasteiger partial charge in [0.05, 0.1) is 13.2 Å². The first-order valence-electron chi connectivity index (χ1n) is 10.7. The predicted molar refractivity (Wildman–Crippen MR) is 122 cm³/mol. The van der Waals surface area contributed by atoms with Gasteiger partial charge in [-0.3, -0.25) is 4.79 Å². The molecule has 0 bridgehead atoms. The number of hydrogen-bond acceptors (Lipinski definition) is 9. The molecule has 1 heterocycles. The van der Waals surface area contributed by atoms with Gasteiger partial charge in [-0.05, 0) is 42.3 Å². The van der Waals surface area contributed by atoms with Crippen LogP contribution in [-0.2, 0) is 27.3 Å². The smallest absolute Gasteiger partial charge is 0.302 e. The van der Waals surface area contributed by atoms with E-state index in [2.05, 4.69) is 0 Å². The van der Waals surface area contributed by atoms with Gasteiger partial charge in [0.15, 0.2) is 0 Å². The van der Waals surface area contributed by atoms with E-state index < -0.39 is 42.8 Å². The minimum absolute atomic E-state index is 0.0556. The minimum atomic E-state index is -1.61. The number of carbonyl (C=O) groups excluding carboxylic acids is 1. The molecule has 3 rings (SSSR count). The fourth-order valence-corrected chi connectivity index (χ4v) is 3.95. The summed E-state index contributed by atoms with van der Waals surface area (Å²) < 4.78 is 21.8. The van der Waals surface area contributed by atoms with Crippen LogP contribution in [0.5, 0.6) is 11.5 Å². The molecule has 10 heteroatoms. The standard InChI is InChI=1S/C24H29ClO9/c1-12(26)23-21(29)20(28)22(30)24(34-23)33-19-10-15(11-32-13(2)27)9-18(25)17(19)8-14-4-6-16(31-3)7-5-14/h4-7,9-10,12,20-24,26,28-30H,8,11H2,1-3H3/t12-,20+,21+,22-,23-,24-/m1/s1. The Balaban J connectivity index is 1.95. The predicted octanol–water partition coefficient (Wildman–Crippen LogP) is 1.57. The van der Waals surface area contributed by atoms with E-state index in [-0.39, 0.29) is 12.4 Å². The van der Waals surface area contributed by atoms with E-state index in [1.54, 1.807) is 31.4 Å². The molecule has 186 valence electrons. The van der Waals surface area contributed by atoms with Gasteiger partial charge in [0.25, 0.3) is 0 Å². The van der Waals surface area contributed by atoms with Gasteiger partial charge >= 0.3 is 5.97 Å². The van der Waals surface area contributed by atoms with Gasteiger partial charge in [-0.25, -0.2) is 0 Å². The van der Waals surface area contributed by atoms with Gasteiger partial charge < -0.3 is 39.4 Å². The Kier molecular flexibility index (Phi) is 8.75. The SMILES string of the molecule is COc1ccc(Cc2c(Cl)cc(COC(C)=O)cc2O[C@@H]2O[C@H]([C@@H](C)O)[C@@H](O)[C@H](O)[C@H]2O)cc1. The van der Waals surface area contributed by atoms with Crippen LogP contribution < -0.4 is 9.47 Å². The molecule has 2 aromatic carbocycles. The maximum absolute atomic E-state index is 11.2. The number of aliphatic hydroxyl groups is 4. The van der Waals surface area contributed by atoms with Crippen LogP contribution in [-0.4, -0.2) is 70.3 Å². The summed E-state index contributed by atoms with van der Waals surface area (Å²) in [6.45, 7) is 2.62. The molecular formula is C24H29ClO9. The van der Waals surface area contributed by atoms with Gasteiger partial charge in [0.2, 0.25) is 6.29 Å². The molecule has 0 radical (unpaired) electrons. The van der Waals surface area contributed by atoms with E-state index in [9.17, 15) is 25.2 Å². The highest BCUT2D eigenvalue weighted by molar-refractivity contribution is 6.31. The van der Waals surface area contributed by atoms with Gasteiger partial charge in [-0.2, -0.15) is 0 Å². The number of halogens is 1. The van der Waals surface area contributed by atoms with Crippen molar-refractivity contribution in [3.8, 4) is 11.5 Å². The monoisotopic (exact) mass is 496 g/mol. The van der Waals surface area contributed by atoms with Crippen LogP contribution >= 0.6 is 11.6 Å². The fraction of sp³-hybridized carbons (Fsp3) is 0.458. The van der Waals surface area contributed by atoms with E-state index in [1.807, 2.05) is 12.1 Å². The van der Waals surface area contributed by atoms with Crippen LogP contribution in [0.4, 0.5) is 0 Å². The van der Waals surface area contributed by atoms with Crippen LogP contribution in [0.2, 0.25) is 5.02 Å². The molecule has 1 fully saturated rings. The number of methoxy groups -OCH3 is 1. The van der Waals surface area contributed by atoms with E-state index in [0.29, 0.717) is 28.3 Å². The normalized spacial score (nSPS) is 25.5. The molecule has 1 saturated heterocycles. The molecule has 34 heavy (non-hydrogen) atoms. The Morgan fingerprint density at radius 2 is 1.76 bits per heavy atom. The van der Waals surface area contributed by atoms with E-state index in [4.69, 9.17) is 30.5 Å². The molecule has 0 unspecified atom stereocenters. The van der Waals surface area contributed by atoms with Crippen molar-refractivity contribution < 1.29 is 44.2 Å². The molecule has 0 aliphatic carbocycles. The Morgan fingerprint density at radius 3 is 2.35 bits per heavy atom. The Morgan fingerprint density at radius 1 is 1.09 bits per heavy atom. The number of esters is 1. The van der Waals surface area contributed by atoms with Crippen molar-refractivity contribution in [2.75, 3.05) is 7.11 Å². The maximum atomic E-state index is 11.2. The van der Waals surface area contributed by atoms with Crippen LogP contribution in [0.3, 0.4) is 0 Å². The molecule has 0 spiro atoms. The molecule has 4 N–H and O–H groups in total. The van der Waals surface area contributed by atoms with Crippen molar-refractivity contribution in [1.29, 1.82) is 0 Å². The third kappa shape index (κ3) is 6.18. The lowest BCUT2D eigenvalue weighted by Gasteiger charge is -2.41. The highest BCUT2D eigenvalue weighted by atomic mass is 35.5. The molecule has 9 nitrogen and oxygen atoms in total. The average Bonchev–Trinajstić information content (AvgIpc) is 2.80. The van der Waals surface area contributed by atoms with E-state index in [0.717, 1.165) is 5.56 Å². The zero-order valence-corrected chi connectivity index (χ0v) is 19.8. The van der Waals surface area contributed by atoms with E-state index >= 15 is 0 Å². The number of ether oxygens (including phenoxy) is 4. The first-order chi connectivity index (χ1) is 16.1. The Labute approximate surface area is 202 Å². The van der Waals surface area contributed by atoms with Crippen LogP contribution in [0, 0.1) is 0 Å². The zero-order valence-electron chi connectivity index (χ0n) is 19.1. The zero-order chi connectivity index (χ0) is 25.0. The van der Waals surface area contributed by atoms with Crippen molar-refractivity contribution in [1.82, 2.24) is 0 Å². The number of hydrogen-bond donors (Lipinski definition) is 4. The van der Waals surface area contributed by atoms with Crippen LogP contribution in [0.1, 0.15) is 30.5 Å². The first kappa shape index (κ1) is 26.2. The highest BCUT2D eigenvalue weighted by Gasteiger charge is 2.46.